The van der Waals surface area contributed by atoms with Crippen LogP contribution in [0.5, 0.6) is 0 Å². The molecular weight excluding hydrogens is 189 g/mol. The van der Waals surface area contributed by atoms with Gasteiger partial charge in [-0.05, 0) is 6.92 Å². The Labute approximate surface area is 86.4 Å². The molecule has 0 saturated carbocycles. The summed E-state index contributed by atoms with van der Waals surface area (Å²) in [6, 6.07) is 0. The summed E-state index contributed by atoms with van der Waals surface area (Å²) in [6.07, 6.45) is -0.604. The van der Waals surface area contributed by atoms with E-state index in [2.05, 4.69) is 4.52 Å². The van der Waals surface area contributed by atoms with E-state index in [0.717, 1.165) is 0 Å². The normalized spacial score (nSPS) is 14.0. The van der Waals surface area contributed by atoms with Gasteiger partial charge in [0.1, 0.15) is 0 Å². The van der Waals surface area contributed by atoms with Crippen LogP contribution in [0, 0.1) is 0 Å². The Morgan fingerprint density at radius 3 is 2.20 bits per heavy atom. The second-order valence-electron chi connectivity index (χ2n) is 1.56. The van der Waals surface area contributed by atoms with E-state index < -0.39 is 13.9 Å². The zero-order valence-electron chi connectivity index (χ0n) is 4.82. The third kappa shape index (κ3) is 9.40. The Morgan fingerprint density at radius 1 is 1.70 bits per heavy atom. The number of halogens is 1. The van der Waals surface area contributed by atoms with Crippen LogP contribution >= 0.6 is 19.4 Å². The van der Waals surface area contributed by atoms with Gasteiger partial charge < -0.3 is 9.79 Å². The van der Waals surface area contributed by atoms with Crippen LogP contribution in [0.25, 0.3) is 0 Å². The van der Waals surface area contributed by atoms with E-state index in [9.17, 15) is 4.57 Å². The zero-order chi connectivity index (χ0) is 7.49. The van der Waals surface area contributed by atoms with Crippen molar-refractivity contribution in [3.05, 3.63) is 0 Å². The number of phosphoric ester groups is 1. The first-order chi connectivity index (χ1) is 3.95. The van der Waals surface area contributed by atoms with Crippen LogP contribution in [0.2, 0.25) is 0 Å². The standard InChI is InChI=1S/C3H8ClO4P.Na.H/c1-3(2-4)8-9(5,6)7;;/h3H,2H2,1H3,(H2,5,6,7);;. The molecule has 0 spiro atoms. The average molecular weight is 199 g/mol. The molecule has 2 N–H and O–H groups in total. The van der Waals surface area contributed by atoms with Gasteiger partial charge in [0.25, 0.3) is 0 Å². The molecule has 0 fully saturated rings. The molecule has 0 heterocycles. The Bertz CT molecular complexity index is 126. The van der Waals surface area contributed by atoms with Gasteiger partial charge in [0.05, 0.1) is 6.10 Å². The van der Waals surface area contributed by atoms with Gasteiger partial charge in [-0.15, -0.1) is 11.6 Å². The number of alkyl halides is 1. The van der Waals surface area contributed by atoms with Crippen molar-refractivity contribution in [2.45, 2.75) is 13.0 Å². The number of phosphoric acid groups is 1. The van der Waals surface area contributed by atoms with Crippen molar-refractivity contribution < 1.29 is 18.9 Å². The minimum absolute atomic E-state index is 0. The first kappa shape index (κ1) is 14.0. The molecule has 0 radical (unpaired) electrons. The molecule has 0 rings (SSSR count). The second-order valence-corrected chi connectivity index (χ2v) is 3.06. The van der Waals surface area contributed by atoms with Crippen molar-refractivity contribution in [3.63, 3.8) is 0 Å². The van der Waals surface area contributed by atoms with Gasteiger partial charge in [0.2, 0.25) is 0 Å². The second kappa shape index (κ2) is 5.98. The first-order valence-corrected chi connectivity index (χ1v) is 4.32. The van der Waals surface area contributed by atoms with E-state index in [1.54, 1.807) is 0 Å². The zero-order valence-corrected chi connectivity index (χ0v) is 6.47. The summed E-state index contributed by atoms with van der Waals surface area (Å²) >= 11 is 5.19. The van der Waals surface area contributed by atoms with Crippen LogP contribution in [-0.2, 0) is 9.09 Å². The summed E-state index contributed by atoms with van der Waals surface area (Å²) in [7, 11) is -4.32. The molecule has 4 nitrogen and oxygen atoms in total. The van der Waals surface area contributed by atoms with Gasteiger partial charge in [0.15, 0.2) is 0 Å². The van der Waals surface area contributed by atoms with Gasteiger partial charge in [-0.2, -0.15) is 0 Å². The molecule has 1 unspecified atom stereocenters. The molecule has 10 heavy (non-hydrogen) atoms. The molecule has 0 aromatic rings. The summed E-state index contributed by atoms with van der Waals surface area (Å²) in [6.45, 7) is 1.48. The van der Waals surface area contributed by atoms with Crippen molar-refractivity contribution in [1.29, 1.82) is 0 Å². The quantitative estimate of drug-likeness (QED) is 0.383. The molecule has 1 atom stereocenters. The Morgan fingerprint density at radius 2 is 2.10 bits per heavy atom. The fraction of sp³-hybridized carbons (Fsp3) is 1.00. The van der Waals surface area contributed by atoms with Crippen LogP contribution in [0.1, 0.15) is 6.92 Å². The van der Waals surface area contributed by atoms with E-state index in [4.69, 9.17) is 21.4 Å². The number of hydrogen-bond donors (Lipinski definition) is 2. The van der Waals surface area contributed by atoms with E-state index in [0.29, 0.717) is 0 Å². The van der Waals surface area contributed by atoms with Gasteiger partial charge in [-0.3, -0.25) is 4.52 Å². The third-order valence-corrected chi connectivity index (χ3v) is 1.60. The Balaban J connectivity index is 0. The van der Waals surface area contributed by atoms with Gasteiger partial charge >= 0.3 is 37.4 Å². The molecule has 7 heteroatoms. The van der Waals surface area contributed by atoms with E-state index >= 15 is 0 Å². The van der Waals surface area contributed by atoms with Crippen molar-refractivity contribution in [2.75, 3.05) is 5.88 Å². The van der Waals surface area contributed by atoms with Crippen LogP contribution in [-0.4, -0.2) is 51.3 Å². The van der Waals surface area contributed by atoms with Crippen molar-refractivity contribution >= 4 is 49.0 Å². The maximum atomic E-state index is 10.0. The summed E-state index contributed by atoms with van der Waals surface area (Å²) in [5, 5.41) is 0. The van der Waals surface area contributed by atoms with E-state index in [1.165, 1.54) is 6.92 Å². The summed E-state index contributed by atoms with van der Waals surface area (Å²) < 4.78 is 14.1. The van der Waals surface area contributed by atoms with Crippen LogP contribution in [0.15, 0.2) is 0 Å². The van der Waals surface area contributed by atoms with E-state index in [1.807, 2.05) is 0 Å². The molecule has 0 saturated heterocycles. The fourth-order valence-corrected chi connectivity index (χ4v) is 0.957. The summed E-state index contributed by atoms with van der Waals surface area (Å²) in [5.74, 6) is 0.0745. The predicted molar refractivity (Wildman–Crippen MR) is 40.5 cm³/mol. The molecule has 0 aliphatic heterocycles. The molecule has 0 aliphatic rings. The molecule has 0 aliphatic carbocycles. The molecule has 58 valence electrons. The summed E-state index contributed by atoms with van der Waals surface area (Å²) in [4.78, 5) is 16.3. The number of hydrogen-bond acceptors (Lipinski definition) is 2. The van der Waals surface area contributed by atoms with Gasteiger partial charge in [0, 0.05) is 5.88 Å². The van der Waals surface area contributed by atoms with Crippen LogP contribution in [0.3, 0.4) is 0 Å². The van der Waals surface area contributed by atoms with Crippen LogP contribution < -0.4 is 0 Å². The van der Waals surface area contributed by atoms with E-state index in [-0.39, 0.29) is 35.4 Å². The Kier molecular flexibility index (Phi) is 8.34. The third-order valence-electron chi connectivity index (χ3n) is 0.535. The average Bonchev–Trinajstić information content (AvgIpc) is 1.62. The van der Waals surface area contributed by atoms with Crippen molar-refractivity contribution in [3.8, 4) is 0 Å². The molecule has 0 aromatic carbocycles. The molecule has 0 bridgehead atoms. The SMILES string of the molecule is CC(CCl)OP(=O)(O)O.[NaH]. The van der Waals surface area contributed by atoms with Gasteiger partial charge in [-0.25, -0.2) is 4.57 Å². The number of rotatable bonds is 3. The van der Waals surface area contributed by atoms with Gasteiger partial charge in [-0.1, -0.05) is 0 Å². The van der Waals surface area contributed by atoms with Crippen molar-refractivity contribution in [2.24, 2.45) is 0 Å². The fourth-order valence-electron chi connectivity index (χ4n) is 0.263. The molecule has 0 aromatic heterocycles. The van der Waals surface area contributed by atoms with Crippen LogP contribution in [0.4, 0.5) is 0 Å². The predicted octanol–water partition coefficient (Wildman–Crippen LogP) is 0.0745. The monoisotopic (exact) mass is 198 g/mol. The molecule has 0 amide bonds. The van der Waals surface area contributed by atoms with Crippen molar-refractivity contribution in [1.82, 2.24) is 0 Å². The topological polar surface area (TPSA) is 66.8 Å². The first-order valence-electron chi connectivity index (χ1n) is 2.25. The Hall–Kier alpha value is 1.40. The maximum absolute atomic E-state index is 10.0. The summed E-state index contributed by atoms with van der Waals surface area (Å²) in [5.41, 5.74) is 0. The minimum atomic E-state index is -4.32. The molecular formula is C3H9ClNaO4P.